The number of esters is 2. The van der Waals surface area contributed by atoms with Gasteiger partial charge >= 0.3 is 18.1 Å². The molecule has 0 spiro atoms. The lowest BCUT2D eigenvalue weighted by atomic mass is 9.55. The lowest BCUT2D eigenvalue weighted by Crippen LogP contribution is -2.49. The van der Waals surface area contributed by atoms with E-state index in [9.17, 15) is 22.8 Å². The van der Waals surface area contributed by atoms with Crippen molar-refractivity contribution in [1.29, 1.82) is 0 Å². The average Bonchev–Trinajstić information content (AvgIpc) is 2.90. The molecule has 8 heteroatoms. The van der Waals surface area contributed by atoms with Crippen molar-refractivity contribution in [3.8, 4) is 5.75 Å². The summed E-state index contributed by atoms with van der Waals surface area (Å²) >= 11 is 0. The molecule has 246 valence electrons. The lowest BCUT2D eigenvalue weighted by Gasteiger charge is -2.49. The molecule has 43 heavy (non-hydrogen) atoms. The Morgan fingerprint density at radius 1 is 0.767 bits per heavy atom. The van der Waals surface area contributed by atoms with Crippen molar-refractivity contribution in [2.75, 3.05) is 19.8 Å². The number of hydrogen-bond acceptors (Lipinski definition) is 5. The monoisotopic (exact) mass is 612 g/mol. The van der Waals surface area contributed by atoms with Gasteiger partial charge in [0, 0.05) is 12.5 Å². The van der Waals surface area contributed by atoms with Gasteiger partial charge in [0.15, 0.2) is 0 Å². The molecule has 0 bridgehead atoms. The summed E-state index contributed by atoms with van der Waals surface area (Å²) in [6.45, 7) is 20.4. The van der Waals surface area contributed by atoms with Gasteiger partial charge in [0.05, 0.1) is 25.2 Å². The molecular weight excluding hydrogens is 557 g/mol. The maximum atomic E-state index is 13.5. The number of carbonyl (C=O) groups is 2. The van der Waals surface area contributed by atoms with E-state index in [1.165, 1.54) is 6.08 Å². The highest BCUT2D eigenvalue weighted by Crippen LogP contribution is 2.53. The third-order valence-electron chi connectivity index (χ3n) is 9.37. The molecule has 0 fully saturated rings. The molecule has 0 aromatic heterocycles. The van der Waals surface area contributed by atoms with Crippen molar-refractivity contribution in [2.24, 2.45) is 28.1 Å². The average molecular weight is 613 g/mol. The molecule has 0 aliphatic rings. The molecule has 0 N–H and O–H groups in total. The molecule has 1 unspecified atom stereocenters. The van der Waals surface area contributed by atoms with Gasteiger partial charge < -0.3 is 14.2 Å². The number of alkyl halides is 3. The molecule has 0 radical (unpaired) electrons. The summed E-state index contributed by atoms with van der Waals surface area (Å²) in [7, 11) is 0. The van der Waals surface area contributed by atoms with Crippen molar-refractivity contribution in [2.45, 2.75) is 113 Å². The van der Waals surface area contributed by atoms with Gasteiger partial charge in [-0.2, -0.15) is 13.2 Å². The Labute approximate surface area is 257 Å². The van der Waals surface area contributed by atoms with Gasteiger partial charge in [0.1, 0.15) is 5.75 Å². The Morgan fingerprint density at radius 3 is 1.86 bits per heavy atom. The number of benzene rings is 1. The SMILES string of the molecule is CC(C)C(C)(C)CC(C)(C(=O)OCCCCCCOc1ccc(/C=C/C(=O)OCCCC(F)(F)F)cc1)C(C)(C)C(C)C. The molecule has 1 aromatic carbocycles. The Hall–Kier alpha value is -2.51. The van der Waals surface area contributed by atoms with Gasteiger partial charge in [-0.15, -0.1) is 0 Å². The normalized spacial score (nSPS) is 14.3. The van der Waals surface area contributed by atoms with Gasteiger partial charge in [0.25, 0.3) is 0 Å². The third kappa shape index (κ3) is 13.3. The third-order valence-corrected chi connectivity index (χ3v) is 9.37. The van der Waals surface area contributed by atoms with Crippen LogP contribution in [0.5, 0.6) is 5.75 Å². The fraction of sp³-hybridized carbons (Fsp3) is 0.714. The predicted octanol–water partition coefficient (Wildman–Crippen LogP) is 9.83. The van der Waals surface area contributed by atoms with Gasteiger partial charge in [0.2, 0.25) is 0 Å². The fourth-order valence-corrected chi connectivity index (χ4v) is 4.72. The number of rotatable bonds is 19. The number of unbranched alkanes of at least 4 members (excludes halogenated alkanes) is 3. The van der Waals surface area contributed by atoms with Crippen LogP contribution in [0.2, 0.25) is 0 Å². The van der Waals surface area contributed by atoms with E-state index in [1.807, 2.05) is 0 Å². The molecule has 0 aliphatic carbocycles. The van der Waals surface area contributed by atoms with E-state index < -0.39 is 24.0 Å². The molecule has 0 heterocycles. The standard InChI is InChI=1S/C35H55F3O5/c1-26(2)32(5,6)25-34(9,33(7,8)27(3)4)31(40)43-23-13-11-10-12-22-41-29-18-15-28(16-19-29)17-20-30(39)42-24-14-21-35(36,37)38/h15-20,26-27H,10-14,21-25H2,1-9H3/b20-17+. The van der Waals surface area contributed by atoms with Crippen LogP contribution in [0.25, 0.3) is 6.08 Å². The van der Waals surface area contributed by atoms with E-state index in [4.69, 9.17) is 14.2 Å². The van der Waals surface area contributed by atoms with Gasteiger partial charge in [-0.3, -0.25) is 4.79 Å². The molecule has 1 aromatic rings. The molecule has 0 saturated carbocycles. The molecule has 1 atom stereocenters. The zero-order valence-corrected chi connectivity index (χ0v) is 27.9. The van der Waals surface area contributed by atoms with Crippen molar-refractivity contribution in [3.05, 3.63) is 35.9 Å². The molecular formula is C35H55F3O5. The van der Waals surface area contributed by atoms with E-state index >= 15 is 0 Å². The molecule has 0 saturated heterocycles. The van der Waals surface area contributed by atoms with Gasteiger partial charge in [-0.05, 0) is 91.9 Å². The van der Waals surface area contributed by atoms with Crippen LogP contribution in [0.3, 0.4) is 0 Å². The largest absolute Gasteiger partial charge is 0.494 e. The quantitative estimate of drug-likeness (QED) is 0.0884. The smallest absolute Gasteiger partial charge is 0.389 e. The Morgan fingerprint density at radius 2 is 1.33 bits per heavy atom. The highest BCUT2D eigenvalue weighted by molar-refractivity contribution is 5.87. The van der Waals surface area contributed by atoms with Gasteiger partial charge in [-0.25, -0.2) is 4.79 Å². The second-order valence-corrected chi connectivity index (χ2v) is 13.7. The molecule has 0 amide bonds. The highest BCUT2D eigenvalue weighted by atomic mass is 19.4. The molecule has 5 nitrogen and oxygen atoms in total. The number of carbonyl (C=O) groups excluding carboxylic acids is 2. The summed E-state index contributed by atoms with van der Waals surface area (Å²) in [4.78, 5) is 25.1. The molecule has 0 aliphatic heterocycles. The van der Waals surface area contributed by atoms with Crippen LogP contribution in [0, 0.1) is 28.1 Å². The highest BCUT2D eigenvalue weighted by Gasteiger charge is 2.52. The van der Waals surface area contributed by atoms with Crippen molar-refractivity contribution in [3.63, 3.8) is 0 Å². The van der Waals surface area contributed by atoms with Crippen LogP contribution >= 0.6 is 0 Å². The van der Waals surface area contributed by atoms with Gasteiger partial charge in [-0.1, -0.05) is 67.5 Å². The summed E-state index contributed by atoms with van der Waals surface area (Å²) in [6.07, 6.45) is 1.61. The summed E-state index contributed by atoms with van der Waals surface area (Å²) in [5, 5.41) is 0. The minimum Gasteiger partial charge on any atom is -0.494 e. The topological polar surface area (TPSA) is 61.8 Å². The summed E-state index contributed by atoms with van der Waals surface area (Å²) in [6, 6.07) is 7.16. The summed E-state index contributed by atoms with van der Waals surface area (Å²) < 4.78 is 52.8. The lowest BCUT2D eigenvalue weighted by molar-refractivity contribution is -0.169. The second-order valence-electron chi connectivity index (χ2n) is 13.7. The van der Waals surface area contributed by atoms with E-state index in [-0.39, 0.29) is 29.8 Å². The summed E-state index contributed by atoms with van der Waals surface area (Å²) in [5.41, 5.74) is -0.0438. The number of hydrogen-bond donors (Lipinski definition) is 0. The van der Waals surface area contributed by atoms with Crippen molar-refractivity contribution >= 4 is 18.0 Å². The Bertz CT molecular complexity index is 1010. The van der Waals surface area contributed by atoms with E-state index in [1.54, 1.807) is 30.3 Å². The minimum atomic E-state index is -4.25. The van der Waals surface area contributed by atoms with Crippen LogP contribution in [0.1, 0.15) is 113 Å². The van der Waals surface area contributed by atoms with Crippen molar-refractivity contribution in [1.82, 2.24) is 0 Å². The zero-order valence-electron chi connectivity index (χ0n) is 27.9. The first kappa shape index (κ1) is 38.5. The van der Waals surface area contributed by atoms with E-state index in [0.717, 1.165) is 37.7 Å². The van der Waals surface area contributed by atoms with Crippen LogP contribution < -0.4 is 4.74 Å². The second kappa shape index (κ2) is 17.1. The van der Waals surface area contributed by atoms with Crippen LogP contribution in [-0.2, 0) is 19.1 Å². The Kier molecular flexibility index (Phi) is 15.3. The maximum absolute atomic E-state index is 13.5. The zero-order chi connectivity index (χ0) is 32.9. The van der Waals surface area contributed by atoms with E-state index in [2.05, 4.69) is 62.3 Å². The van der Waals surface area contributed by atoms with E-state index in [0.29, 0.717) is 30.8 Å². The first-order valence-corrected chi connectivity index (χ1v) is 15.6. The summed E-state index contributed by atoms with van der Waals surface area (Å²) in [5.74, 6) is 0.707. The van der Waals surface area contributed by atoms with Crippen LogP contribution in [0.15, 0.2) is 30.3 Å². The molecule has 1 rings (SSSR count). The Balaban J connectivity index is 2.39. The number of halogens is 3. The minimum absolute atomic E-state index is 0.00942. The first-order chi connectivity index (χ1) is 19.8. The van der Waals surface area contributed by atoms with Crippen LogP contribution in [0.4, 0.5) is 13.2 Å². The van der Waals surface area contributed by atoms with Crippen molar-refractivity contribution < 1.29 is 37.0 Å². The number of ether oxygens (including phenoxy) is 3. The maximum Gasteiger partial charge on any atom is 0.389 e. The first-order valence-electron chi connectivity index (χ1n) is 15.6. The van der Waals surface area contributed by atoms with Crippen LogP contribution in [-0.4, -0.2) is 37.9 Å². The predicted molar refractivity (Wildman–Crippen MR) is 167 cm³/mol. The fourth-order valence-electron chi connectivity index (χ4n) is 4.72.